The maximum Gasteiger partial charge on any atom is 0.272 e. The molecule has 0 fully saturated rings. The molecular weight excluding hydrogens is 268 g/mol. The first-order chi connectivity index (χ1) is 10.1. The van der Waals surface area contributed by atoms with Crippen molar-refractivity contribution in [1.29, 1.82) is 0 Å². The molecule has 21 heavy (non-hydrogen) atoms. The number of nitrogens with zero attached hydrogens (tertiary/aromatic N) is 1. The largest absolute Gasteiger partial charge is 0.392 e. The highest BCUT2D eigenvalue weighted by Crippen LogP contribution is 2.20. The molecule has 2 aromatic rings. The highest BCUT2D eigenvalue weighted by molar-refractivity contribution is 5.44. The van der Waals surface area contributed by atoms with E-state index in [9.17, 15) is 10.1 Å². The van der Waals surface area contributed by atoms with E-state index in [1.54, 1.807) is 13.0 Å². The number of nitrogens with one attached hydrogen (secondary N) is 1. The molecule has 110 valence electrons. The van der Waals surface area contributed by atoms with E-state index >= 15 is 0 Å². The van der Waals surface area contributed by atoms with E-state index in [4.69, 9.17) is 5.11 Å². The van der Waals surface area contributed by atoms with Crippen molar-refractivity contribution >= 4 is 5.69 Å². The van der Waals surface area contributed by atoms with E-state index in [0.29, 0.717) is 18.7 Å². The molecule has 5 nitrogen and oxygen atoms in total. The van der Waals surface area contributed by atoms with Crippen LogP contribution in [0.1, 0.15) is 22.3 Å². The SMILES string of the molecule is Cc1c(CNCc2cccc(CO)c2)cccc1[N+](=O)[O-]. The summed E-state index contributed by atoms with van der Waals surface area (Å²) in [5, 5.41) is 23.3. The number of nitro benzene ring substituents is 1. The topological polar surface area (TPSA) is 75.4 Å². The Bertz CT molecular complexity index is 641. The summed E-state index contributed by atoms with van der Waals surface area (Å²) in [6, 6.07) is 12.8. The lowest BCUT2D eigenvalue weighted by atomic mass is 10.1. The normalized spacial score (nSPS) is 10.6. The van der Waals surface area contributed by atoms with Gasteiger partial charge >= 0.3 is 0 Å². The van der Waals surface area contributed by atoms with E-state index in [1.807, 2.05) is 30.3 Å². The van der Waals surface area contributed by atoms with Gasteiger partial charge < -0.3 is 10.4 Å². The molecule has 0 heterocycles. The Morgan fingerprint density at radius 1 is 1.14 bits per heavy atom. The summed E-state index contributed by atoms with van der Waals surface area (Å²) in [5.41, 5.74) is 3.71. The van der Waals surface area contributed by atoms with Gasteiger partial charge in [0.25, 0.3) is 5.69 Å². The van der Waals surface area contributed by atoms with Crippen LogP contribution >= 0.6 is 0 Å². The van der Waals surface area contributed by atoms with E-state index in [2.05, 4.69) is 5.32 Å². The van der Waals surface area contributed by atoms with Gasteiger partial charge in [-0.2, -0.15) is 0 Å². The zero-order valence-electron chi connectivity index (χ0n) is 11.9. The van der Waals surface area contributed by atoms with E-state index in [-0.39, 0.29) is 17.2 Å². The number of hydrogen-bond donors (Lipinski definition) is 2. The monoisotopic (exact) mass is 286 g/mol. The molecule has 0 saturated heterocycles. The van der Waals surface area contributed by atoms with E-state index < -0.39 is 0 Å². The molecule has 2 aromatic carbocycles. The first-order valence-corrected chi connectivity index (χ1v) is 6.74. The van der Waals surface area contributed by atoms with Crippen LogP contribution in [0.4, 0.5) is 5.69 Å². The number of hydrogen-bond acceptors (Lipinski definition) is 4. The van der Waals surface area contributed by atoms with Crippen LogP contribution in [-0.4, -0.2) is 10.0 Å². The van der Waals surface area contributed by atoms with Gasteiger partial charge in [0, 0.05) is 24.7 Å². The fourth-order valence-corrected chi connectivity index (χ4v) is 2.24. The fraction of sp³-hybridized carbons (Fsp3) is 0.250. The summed E-state index contributed by atoms with van der Waals surface area (Å²) in [7, 11) is 0. The maximum atomic E-state index is 10.9. The molecule has 0 unspecified atom stereocenters. The lowest BCUT2D eigenvalue weighted by molar-refractivity contribution is -0.385. The quantitative estimate of drug-likeness (QED) is 0.632. The molecule has 0 amide bonds. The van der Waals surface area contributed by atoms with Gasteiger partial charge in [-0.1, -0.05) is 36.4 Å². The van der Waals surface area contributed by atoms with Crippen LogP contribution in [0.2, 0.25) is 0 Å². The van der Waals surface area contributed by atoms with E-state index in [1.165, 1.54) is 6.07 Å². The second-order valence-electron chi connectivity index (χ2n) is 4.90. The zero-order chi connectivity index (χ0) is 15.2. The summed E-state index contributed by atoms with van der Waals surface area (Å²) < 4.78 is 0. The van der Waals surface area contributed by atoms with Crippen molar-refractivity contribution in [3.05, 3.63) is 74.8 Å². The van der Waals surface area contributed by atoms with Crippen LogP contribution in [-0.2, 0) is 19.7 Å². The Hall–Kier alpha value is -2.24. The van der Waals surface area contributed by atoms with Crippen LogP contribution in [0.5, 0.6) is 0 Å². The van der Waals surface area contributed by atoms with Gasteiger partial charge in [0.1, 0.15) is 0 Å². The molecule has 0 aliphatic rings. The van der Waals surface area contributed by atoms with Crippen molar-refractivity contribution < 1.29 is 10.0 Å². The average Bonchev–Trinajstić information content (AvgIpc) is 2.49. The van der Waals surface area contributed by atoms with Crippen LogP contribution in [0.3, 0.4) is 0 Å². The second kappa shape index (κ2) is 6.97. The Labute approximate surface area is 123 Å². The average molecular weight is 286 g/mol. The highest BCUT2D eigenvalue weighted by Gasteiger charge is 2.12. The highest BCUT2D eigenvalue weighted by atomic mass is 16.6. The standard InChI is InChI=1S/C16H18N2O3/c1-12-15(6-3-7-16(12)18(20)21)10-17-9-13-4-2-5-14(8-13)11-19/h2-8,17,19H,9-11H2,1H3. The predicted octanol–water partition coefficient (Wildman–Crippen LogP) is 2.69. The summed E-state index contributed by atoms with van der Waals surface area (Å²) in [6.07, 6.45) is 0. The Morgan fingerprint density at radius 2 is 1.86 bits per heavy atom. The van der Waals surface area contributed by atoms with Gasteiger partial charge in [-0.15, -0.1) is 0 Å². The van der Waals surface area contributed by atoms with Gasteiger partial charge in [-0.25, -0.2) is 0 Å². The smallest absolute Gasteiger partial charge is 0.272 e. The van der Waals surface area contributed by atoms with Gasteiger partial charge in [0.05, 0.1) is 11.5 Å². The third-order valence-electron chi connectivity index (χ3n) is 3.43. The molecule has 0 aromatic heterocycles. The van der Waals surface area contributed by atoms with Crippen LogP contribution in [0.25, 0.3) is 0 Å². The summed E-state index contributed by atoms with van der Waals surface area (Å²) in [4.78, 5) is 10.5. The summed E-state index contributed by atoms with van der Waals surface area (Å²) in [6.45, 7) is 3.01. The van der Waals surface area contributed by atoms with Crippen molar-refractivity contribution in [2.45, 2.75) is 26.6 Å². The molecule has 2 rings (SSSR count). The molecule has 0 bridgehead atoms. The number of benzene rings is 2. The fourth-order valence-electron chi connectivity index (χ4n) is 2.24. The molecule has 0 spiro atoms. The number of nitro groups is 1. The Kier molecular flexibility index (Phi) is 5.03. The van der Waals surface area contributed by atoms with Gasteiger partial charge in [-0.3, -0.25) is 10.1 Å². The number of rotatable bonds is 6. The van der Waals surface area contributed by atoms with Crippen molar-refractivity contribution in [1.82, 2.24) is 5.32 Å². The molecule has 0 aliphatic carbocycles. The van der Waals surface area contributed by atoms with Gasteiger partial charge in [0.2, 0.25) is 0 Å². The van der Waals surface area contributed by atoms with Crippen molar-refractivity contribution in [3.8, 4) is 0 Å². The molecule has 0 radical (unpaired) electrons. The Balaban J connectivity index is 2.00. The number of aliphatic hydroxyl groups is 1. The lowest BCUT2D eigenvalue weighted by Gasteiger charge is -2.09. The lowest BCUT2D eigenvalue weighted by Crippen LogP contribution is -2.14. The van der Waals surface area contributed by atoms with E-state index in [0.717, 1.165) is 16.7 Å². The van der Waals surface area contributed by atoms with Crippen molar-refractivity contribution in [2.75, 3.05) is 0 Å². The molecule has 5 heteroatoms. The Morgan fingerprint density at radius 3 is 2.57 bits per heavy atom. The third-order valence-corrected chi connectivity index (χ3v) is 3.43. The van der Waals surface area contributed by atoms with Crippen LogP contribution < -0.4 is 5.32 Å². The first kappa shape index (κ1) is 15.2. The predicted molar refractivity (Wildman–Crippen MR) is 80.7 cm³/mol. The minimum absolute atomic E-state index is 0.0256. The second-order valence-corrected chi connectivity index (χ2v) is 4.90. The number of aliphatic hydroxyl groups excluding tert-OH is 1. The van der Waals surface area contributed by atoms with Gasteiger partial charge in [-0.05, 0) is 23.6 Å². The summed E-state index contributed by atoms with van der Waals surface area (Å²) in [5.74, 6) is 0. The van der Waals surface area contributed by atoms with Crippen molar-refractivity contribution in [2.24, 2.45) is 0 Å². The maximum absolute atomic E-state index is 10.9. The van der Waals surface area contributed by atoms with Crippen LogP contribution in [0.15, 0.2) is 42.5 Å². The first-order valence-electron chi connectivity index (χ1n) is 6.74. The molecule has 0 aliphatic heterocycles. The zero-order valence-corrected chi connectivity index (χ0v) is 11.9. The summed E-state index contributed by atoms with van der Waals surface area (Å²) >= 11 is 0. The minimum atomic E-state index is -0.358. The van der Waals surface area contributed by atoms with Gasteiger partial charge in [0.15, 0.2) is 0 Å². The molecule has 2 N–H and O–H groups in total. The third kappa shape index (κ3) is 3.87. The minimum Gasteiger partial charge on any atom is -0.392 e. The van der Waals surface area contributed by atoms with Crippen molar-refractivity contribution in [3.63, 3.8) is 0 Å². The molecule has 0 saturated carbocycles. The van der Waals surface area contributed by atoms with Crippen LogP contribution in [0, 0.1) is 17.0 Å². The molecular formula is C16H18N2O3. The molecule has 0 atom stereocenters.